The summed E-state index contributed by atoms with van der Waals surface area (Å²) in [5.41, 5.74) is 1.38. The number of likely N-dealkylation sites (N-methyl/N-ethyl adjacent to an activating group) is 1. The number of carbonyl (C=O) groups excluding carboxylic acids is 2. The smallest absolute Gasteiger partial charge is 0.221 e. The van der Waals surface area contributed by atoms with Crippen LogP contribution in [0.15, 0.2) is 18.2 Å². The van der Waals surface area contributed by atoms with Gasteiger partial charge in [-0.3, -0.25) is 9.59 Å². The zero-order valence-corrected chi connectivity index (χ0v) is 15.8. The van der Waals surface area contributed by atoms with Crippen molar-refractivity contribution in [2.75, 3.05) is 32.6 Å². The van der Waals surface area contributed by atoms with Gasteiger partial charge in [0.25, 0.3) is 0 Å². The Hall–Kier alpha value is -2.34. The van der Waals surface area contributed by atoms with E-state index in [2.05, 4.69) is 10.3 Å². The lowest BCUT2D eigenvalue weighted by atomic mass is 9.89. The van der Waals surface area contributed by atoms with Crippen LogP contribution in [-0.4, -0.2) is 48.8 Å². The van der Waals surface area contributed by atoms with E-state index in [1.165, 1.54) is 6.92 Å². The maximum absolute atomic E-state index is 12.5. The number of ether oxygens (including phenoxy) is 1. The van der Waals surface area contributed by atoms with Gasteiger partial charge in [-0.25, -0.2) is 0 Å². The predicted octanol–water partition coefficient (Wildman–Crippen LogP) is 3.30. The lowest BCUT2D eigenvalue weighted by molar-refractivity contribution is -0.114. The number of aromatic nitrogens is 1. The summed E-state index contributed by atoms with van der Waals surface area (Å²) in [7, 11) is 3.96. The van der Waals surface area contributed by atoms with Gasteiger partial charge in [-0.15, -0.1) is 0 Å². The van der Waals surface area contributed by atoms with Gasteiger partial charge in [-0.05, 0) is 26.2 Å². The fourth-order valence-electron chi connectivity index (χ4n) is 2.46. The highest BCUT2D eigenvalue weighted by Gasteiger charge is 2.25. The minimum atomic E-state index is -0.486. The minimum absolute atomic E-state index is 0.0209. The number of Topliss-reactive ketones (excluding diaryl/α,β-unsaturated/α-hetero) is 1. The highest BCUT2D eigenvalue weighted by Crippen LogP contribution is 2.32. The average Bonchev–Trinajstić information content (AvgIpc) is 2.88. The number of hydrogen-bond donors (Lipinski definition) is 2. The van der Waals surface area contributed by atoms with Gasteiger partial charge in [0, 0.05) is 30.3 Å². The van der Waals surface area contributed by atoms with Crippen LogP contribution < -0.4 is 10.1 Å². The Morgan fingerprint density at radius 1 is 1.20 bits per heavy atom. The van der Waals surface area contributed by atoms with Crippen molar-refractivity contribution < 1.29 is 14.3 Å². The van der Waals surface area contributed by atoms with Crippen molar-refractivity contribution in [1.82, 2.24) is 9.88 Å². The Balaban J connectivity index is 2.42. The summed E-state index contributed by atoms with van der Waals surface area (Å²) < 4.78 is 5.79. The first-order valence-electron chi connectivity index (χ1n) is 8.34. The van der Waals surface area contributed by atoms with Crippen molar-refractivity contribution in [3.63, 3.8) is 0 Å². The maximum Gasteiger partial charge on any atom is 0.221 e. The van der Waals surface area contributed by atoms with Gasteiger partial charge in [-0.1, -0.05) is 20.8 Å². The fourth-order valence-corrected chi connectivity index (χ4v) is 2.46. The van der Waals surface area contributed by atoms with Crippen molar-refractivity contribution in [2.45, 2.75) is 27.7 Å². The van der Waals surface area contributed by atoms with Crippen molar-refractivity contribution in [3.8, 4) is 5.75 Å². The zero-order valence-electron chi connectivity index (χ0n) is 15.8. The molecule has 25 heavy (non-hydrogen) atoms. The molecule has 2 aromatic rings. The number of hydrogen-bond acceptors (Lipinski definition) is 4. The van der Waals surface area contributed by atoms with E-state index in [1.807, 2.05) is 51.9 Å². The molecule has 136 valence electrons. The van der Waals surface area contributed by atoms with E-state index in [4.69, 9.17) is 4.74 Å². The number of nitrogens with zero attached hydrogens (tertiary/aromatic N) is 1. The number of ketones is 1. The van der Waals surface area contributed by atoms with Crippen molar-refractivity contribution in [2.24, 2.45) is 5.41 Å². The quantitative estimate of drug-likeness (QED) is 0.788. The third-order valence-corrected chi connectivity index (χ3v) is 3.75. The molecule has 0 aliphatic carbocycles. The van der Waals surface area contributed by atoms with Crippen LogP contribution in [0, 0.1) is 5.41 Å². The number of anilines is 1. The highest BCUT2D eigenvalue weighted by atomic mass is 16.5. The number of fused-ring (bicyclic) bond motifs is 1. The summed E-state index contributed by atoms with van der Waals surface area (Å²) in [6.07, 6.45) is 0. The van der Waals surface area contributed by atoms with E-state index < -0.39 is 5.41 Å². The van der Waals surface area contributed by atoms with E-state index in [9.17, 15) is 9.59 Å². The normalized spacial score (nSPS) is 11.8. The highest BCUT2D eigenvalue weighted by molar-refractivity contribution is 6.06. The average molecular weight is 345 g/mol. The molecule has 0 spiro atoms. The van der Waals surface area contributed by atoms with Crippen LogP contribution in [0.1, 0.15) is 38.2 Å². The number of rotatable bonds is 6. The number of H-pyrrole nitrogens is 1. The summed E-state index contributed by atoms with van der Waals surface area (Å²) >= 11 is 0. The molecule has 0 saturated carbocycles. The molecule has 6 nitrogen and oxygen atoms in total. The number of amides is 1. The Bertz CT molecular complexity index is 785. The Morgan fingerprint density at radius 3 is 2.44 bits per heavy atom. The largest absolute Gasteiger partial charge is 0.492 e. The monoisotopic (exact) mass is 345 g/mol. The third kappa shape index (κ3) is 4.82. The van der Waals surface area contributed by atoms with Gasteiger partial charge in [0.05, 0.1) is 16.9 Å². The molecule has 1 heterocycles. The molecule has 0 saturated heterocycles. The lowest BCUT2D eigenvalue weighted by Gasteiger charge is -2.14. The molecule has 2 rings (SSSR count). The molecule has 0 aliphatic rings. The van der Waals surface area contributed by atoms with Crippen LogP contribution in [0.4, 0.5) is 5.69 Å². The molecule has 0 fully saturated rings. The molecule has 1 aromatic heterocycles. The van der Waals surface area contributed by atoms with E-state index >= 15 is 0 Å². The van der Waals surface area contributed by atoms with Crippen LogP contribution in [0.25, 0.3) is 10.9 Å². The summed E-state index contributed by atoms with van der Waals surface area (Å²) in [4.78, 5) is 29.3. The molecule has 1 aromatic carbocycles. The van der Waals surface area contributed by atoms with Gasteiger partial charge < -0.3 is 19.9 Å². The fraction of sp³-hybridized carbons (Fsp3) is 0.474. The zero-order chi connectivity index (χ0) is 18.8. The first-order chi connectivity index (χ1) is 11.6. The molecule has 2 N–H and O–H groups in total. The predicted molar refractivity (Wildman–Crippen MR) is 100 cm³/mol. The van der Waals surface area contributed by atoms with Crippen molar-refractivity contribution >= 4 is 28.3 Å². The van der Waals surface area contributed by atoms with Crippen LogP contribution in [-0.2, 0) is 4.79 Å². The molecular weight excluding hydrogens is 318 g/mol. The van der Waals surface area contributed by atoms with Gasteiger partial charge in [0.1, 0.15) is 12.4 Å². The number of carbonyl (C=O) groups is 2. The molecule has 0 aliphatic heterocycles. The van der Waals surface area contributed by atoms with Gasteiger partial charge >= 0.3 is 0 Å². The second-order valence-corrected chi connectivity index (χ2v) is 7.53. The van der Waals surface area contributed by atoms with Crippen LogP contribution in [0.5, 0.6) is 5.75 Å². The molecule has 0 atom stereocenters. The van der Waals surface area contributed by atoms with Gasteiger partial charge in [0.2, 0.25) is 5.91 Å². The molecule has 0 radical (unpaired) electrons. The Labute approximate surface area is 148 Å². The summed E-state index contributed by atoms with van der Waals surface area (Å²) in [6, 6.07) is 5.47. The number of benzene rings is 1. The molecule has 6 heteroatoms. The molecule has 0 bridgehead atoms. The van der Waals surface area contributed by atoms with Gasteiger partial charge in [0.15, 0.2) is 5.78 Å². The molecule has 1 amide bonds. The SMILES string of the molecule is CC(=O)Nc1cc(OCCN(C)C)cc2cc(C(=O)C(C)(C)C)[nH]c12. The van der Waals surface area contributed by atoms with Crippen LogP contribution >= 0.6 is 0 Å². The topological polar surface area (TPSA) is 74.4 Å². The number of aromatic amines is 1. The molecular formula is C19H27N3O3. The first kappa shape index (κ1) is 19.0. The maximum atomic E-state index is 12.5. The number of nitrogens with one attached hydrogen (secondary N) is 2. The van der Waals surface area contributed by atoms with Crippen LogP contribution in [0.3, 0.4) is 0 Å². The molecule has 0 unspecified atom stereocenters. The standard InChI is InChI=1S/C19H27N3O3/c1-12(23)20-15-11-14(25-8-7-22(5)6)9-13-10-16(21-17(13)15)18(24)19(2,3)4/h9-11,21H,7-8H2,1-6H3,(H,20,23). The van der Waals surface area contributed by atoms with E-state index in [1.54, 1.807) is 6.07 Å². The summed E-state index contributed by atoms with van der Waals surface area (Å²) in [6.45, 7) is 8.42. The third-order valence-electron chi connectivity index (χ3n) is 3.75. The van der Waals surface area contributed by atoms with Crippen LogP contribution in [0.2, 0.25) is 0 Å². The van der Waals surface area contributed by atoms with E-state index in [0.29, 0.717) is 23.7 Å². The first-order valence-corrected chi connectivity index (χ1v) is 8.34. The Kier molecular flexibility index (Phi) is 5.52. The second kappa shape index (κ2) is 7.27. The van der Waals surface area contributed by atoms with Crippen molar-refractivity contribution in [1.29, 1.82) is 0 Å². The van der Waals surface area contributed by atoms with E-state index in [-0.39, 0.29) is 11.7 Å². The Morgan fingerprint density at radius 2 is 1.88 bits per heavy atom. The second-order valence-electron chi connectivity index (χ2n) is 7.53. The lowest BCUT2D eigenvalue weighted by Crippen LogP contribution is -2.20. The summed E-state index contributed by atoms with van der Waals surface area (Å²) in [5, 5.41) is 3.64. The van der Waals surface area contributed by atoms with Crippen molar-refractivity contribution in [3.05, 3.63) is 23.9 Å². The van der Waals surface area contributed by atoms with Gasteiger partial charge in [-0.2, -0.15) is 0 Å². The minimum Gasteiger partial charge on any atom is -0.492 e. The summed E-state index contributed by atoms with van der Waals surface area (Å²) in [5.74, 6) is 0.504. The van der Waals surface area contributed by atoms with E-state index in [0.717, 1.165) is 17.4 Å².